The Labute approximate surface area is 131 Å². The average Bonchev–Trinajstić information content (AvgIpc) is 2.65. The number of hydrogen-bond donors (Lipinski definition) is 2. The molecular weight excluding hydrogens is 310 g/mol. The van der Waals surface area contributed by atoms with E-state index in [1.165, 1.54) is 12.1 Å². The second kappa shape index (κ2) is 6.96. The molecule has 3 N–H and O–H groups in total. The molecule has 1 aliphatic rings. The highest BCUT2D eigenvalue weighted by Crippen LogP contribution is 2.27. The third-order valence-corrected chi connectivity index (χ3v) is 5.13. The summed E-state index contributed by atoms with van der Waals surface area (Å²) in [6, 6.07) is 4.81. The zero-order valence-electron chi connectivity index (χ0n) is 12.2. The zero-order valence-corrected chi connectivity index (χ0v) is 13.8. The number of halogens is 1. The van der Waals surface area contributed by atoms with Gasteiger partial charge in [0.25, 0.3) is 0 Å². The zero-order chi connectivity index (χ0) is 15.5. The lowest BCUT2D eigenvalue weighted by Crippen LogP contribution is -2.26. The molecule has 1 aliphatic heterocycles. The van der Waals surface area contributed by atoms with E-state index in [4.69, 9.17) is 16.7 Å². The van der Waals surface area contributed by atoms with Gasteiger partial charge in [-0.25, -0.2) is 13.6 Å². The van der Waals surface area contributed by atoms with Crippen LogP contribution in [-0.2, 0) is 10.0 Å². The highest BCUT2D eigenvalue weighted by Gasteiger charge is 2.18. The molecule has 0 spiro atoms. The summed E-state index contributed by atoms with van der Waals surface area (Å²) in [6.07, 6.45) is 3.19. The number of hydrogen-bond acceptors (Lipinski definition) is 4. The molecule has 21 heavy (non-hydrogen) atoms. The summed E-state index contributed by atoms with van der Waals surface area (Å²) >= 11 is 6.15. The molecule has 1 atom stereocenters. The van der Waals surface area contributed by atoms with Crippen LogP contribution in [0.15, 0.2) is 23.1 Å². The molecule has 0 aliphatic carbocycles. The summed E-state index contributed by atoms with van der Waals surface area (Å²) in [7, 11) is -3.71. The van der Waals surface area contributed by atoms with Crippen LogP contribution in [0.1, 0.15) is 26.2 Å². The molecule has 1 fully saturated rings. The summed E-state index contributed by atoms with van der Waals surface area (Å²) < 4.78 is 22.9. The minimum atomic E-state index is -3.71. The van der Waals surface area contributed by atoms with Crippen molar-refractivity contribution in [3.63, 3.8) is 0 Å². The first kappa shape index (κ1) is 16.5. The largest absolute Gasteiger partial charge is 0.381 e. The van der Waals surface area contributed by atoms with Crippen molar-refractivity contribution in [1.82, 2.24) is 4.90 Å². The van der Waals surface area contributed by atoms with Crippen molar-refractivity contribution in [3.8, 4) is 0 Å². The van der Waals surface area contributed by atoms with Crippen molar-refractivity contribution in [2.75, 3.05) is 25.0 Å². The Bertz CT molecular complexity index is 592. The molecule has 7 heteroatoms. The predicted molar refractivity (Wildman–Crippen MR) is 86.2 cm³/mol. The number of likely N-dealkylation sites (tertiary alicyclic amines) is 1. The maximum Gasteiger partial charge on any atom is 0.238 e. The molecule has 1 saturated heterocycles. The van der Waals surface area contributed by atoms with Gasteiger partial charge in [-0.15, -0.1) is 0 Å². The van der Waals surface area contributed by atoms with E-state index in [0.29, 0.717) is 16.8 Å². The maximum atomic E-state index is 11.4. The highest BCUT2D eigenvalue weighted by molar-refractivity contribution is 7.89. The van der Waals surface area contributed by atoms with Crippen molar-refractivity contribution >= 4 is 27.3 Å². The Morgan fingerprint density at radius 2 is 2.14 bits per heavy atom. The van der Waals surface area contributed by atoms with E-state index in [1.54, 1.807) is 6.07 Å². The molecule has 0 aromatic heterocycles. The van der Waals surface area contributed by atoms with Gasteiger partial charge in [-0.2, -0.15) is 0 Å². The van der Waals surface area contributed by atoms with Crippen molar-refractivity contribution in [2.45, 2.75) is 37.1 Å². The van der Waals surface area contributed by atoms with Gasteiger partial charge in [-0.3, -0.25) is 0 Å². The molecule has 0 amide bonds. The standard InChI is InChI=1S/C14H22ClN3O2S/c1-2-18-8-3-4-11(7-9-18)17-14-10-12(21(16,19)20)5-6-13(14)15/h5-6,10-11,17H,2-4,7-9H2,1H3,(H2,16,19,20). The molecule has 1 aromatic rings. The molecule has 0 radical (unpaired) electrons. The SMILES string of the molecule is CCN1CCCC(Nc2cc(S(N)(=O)=O)ccc2Cl)CC1. The number of primary sulfonamides is 1. The Hall–Kier alpha value is -0.820. The second-order valence-corrected chi connectivity index (χ2v) is 7.36. The first-order chi connectivity index (χ1) is 9.90. The third kappa shape index (κ3) is 4.57. The van der Waals surface area contributed by atoms with Crippen molar-refractivity contribution in [3.05, 3.63) is 23.2 Å². The van der Waals surface area contributed by atoms with E-state index in [-0.39, 0.29) is 4.90 Å². The highest BCUT2D eigenvalue weighted by atomic mass is 35.5. The number of rotatable bonds is 4. The third-order valence-electron chi connectivity index (χ3n) is 3.89. The molecule has 0 saturated carbocycles. The van der Waals surface area contributed by atoms with Gasteiger partial charge in [0, 0.05) is 12.6 Å². The van der Waals surface area contributed by atoms with Crippen LogP contribution in [0, 0.1) is 0 Å². The Morgan fingerprint density at radius 1 is 1.38 bits per heavy atom. The van der Waals surface area contributed by atoms with Crippen LogP contribution in [0.25, 0.3) is 0 Å². The van der Waals surface area contributed by atoms with Gasteiger partial charge in [0.1, 0.15) is 0 Å². The fourth-order valence-electron chi connectivity index (χ4n) is 2.63. The number of sulfonamides is 1. The molecule has 0 bridgehead atoms. The van der Waals surface area contributed by atoms with Crippen LogP contribution in [0.2, 0.25) is 5.02 Å². The van der Waals surface area contributed by atoms with Gasteiger partial charge in [0.2, 0.25) is 10.0 Å². The number of benzene rings is 1. The van der Waals surface area contributed by atoms with Gasteiger partial charge in [-0.1, -0.05) is 18.5 Å². The van der Waals surface area contributed by atoms with Crippen molar-refractivity contribution in [1.29, 1.82) is 0 Å². The van der Waals surface area contributed by atoms with Gasteiger partial charge >= 0.3 is 0 Å². The lowest BCUT2D eigenvalue weighted by Gasteiger charge is -2.20. The van der Waals surface area contributed by atoms with Crippen LogP contribution in [0.5, 0.6) is 0 Å². The fraction of sp³-hybridized carbons (Fsp3) is 0.571. The lowest BCUT2D eigenvalue weighted by atomic mass is 10.1. The van der Waals surface area contributed by atoms with Crippen molar-refractivity contribution in [2.24, 2.45) is 5.14 Å². The van der Waals surface area contributed by atoms with E-state index in [9.17, 15) is 8.42 Å². The number of nitrogens with zero attached hydrogens (tertiary/aromatic N) is 1. The minimum Gasteiger partial charge on any atom is -0.381 e. The number of nitrogens with two attached hydrogens (primary N) is 1. The van der Waals surface area contributed by atoms with Crippen LogP contribution in [0.3, 0.4) is 0 Å². The van der Waals surface area contributed by atoms with Crippen LogP contribution in [0.4, 0.5) is 5.69 Å². The van der Waals surface area contributed by atoms with Gasteiger partial charge < -0.3 is 10.2 Å². The fourth-order valence-corrected chi connectivity index (χ4v) is 3.34. The summed E-state index contributed by atoms with van der Waals surface area (Å²) in [4.78, 5) is 2.50. The van der Waals surface area contributed by atoms with E-state index >= 15 is 0 Å². The lowest BCUT2D eigenvalue weighted by molar-refractivity contribution is 0.300. The van der Waals surface area contributed by atoms with Gasteiger partial charge in [-0.05, 0) is 50.6 Å². The normalized spacial score (nSPS) is 21.0. The van der Waals surface area contributed by atoms with E-state index < -0.39 is 10.0 Å². The topological polar surface area (TPSA) is 75.4 Å². The van der Waals surface area contributed by atoms with Gasteiger partial charge in [0.05, 0.1) is 15.6 Å². The minimum absolute atomic E-state index is 0.0817. The average molecular weight is 332 g/mol. The summed E-state index contributed by atoms with van der Waals surface area (Å²) in [5.74, 6) is 0. The summed E-state index contributed by atoms with van der Waals surface area (Å²) in [5.41, 5.74) is 0.637. The quantitative estimate of drug-likeness (QED) is 0.887. The van der Waals surface area contributed by atoms with E-state index in [2.05, 4.69) is 17.1 Å². The van der Waals surface area contributed by atoms with Crippen LogP contribution < -0.4 is 10.5 Å². The van der Waals surface area contributed by atoms with Crippen LogP contribution in [-0.4, -0.2) is 39.0 Å². The molecule has 5 nitrogen and oxygen atoms in total. The Kier molecular flexibility index (Phi) is 5.48. The molecule has 1 unspecified atom stereocenters. The molecule has 1 heterocycles. The predicted octanol–water partition coefficient (Wildman–Crippen LogP) is 2.27. The van der Waals surface area contributed by atoms with Crippen molar-refractivity contribution < 1.29 is 8.42 Å². The summed E-state index contributed by atoms with van der Waals surface area (Å²) in [6.45, 7) is 5.38. The Morgan fingerprint density at radius 3 is 2.81 bits per heavy atom. The molecule has 2 rings (SSSR count). The van der Waals surface area contributed by atoms with E-state index in [1.807, 2.05) is 0 Å². The monoisotopic (exact) mass is 331 g/mol. The first-order valence-corrected chi connectivity index (χ1v) is 9.14. The molecular formula is C14H22ClN3O2S. The summed E-state index contributed by atoms with van der Waals surface area (Å²) in [5, 5.41) is 9.05. The van der Waals surface area contributed by atoms with Crippen LogP contribution >= 0.6 is 11.6 Å². The van der Waals surface area contributed by atoms with Gasteiger partial charge in [0.15, 0.2) is 0 Å². The smallest absolute Gasteiger partial charge is 0.238 e. The molecule has 1 aromatic carbocycles. The molecule has 118 valence electrons. The second-order valence-electron chi connectivity index (χ2n) is 5.39. The maximum absolute atomic E-state index is 11.4. The number of anilines is 1. The first-order valence-electron chi connectivity index (χ1n) is 7.21. The van der Waals surface area contributed by atoms with E-state index in [0.717, 1.165) is 38.9 Å². The Balaban J connectivity index is 2.12. The number of nitrogens with one attached hydrogen (secondary N) is 1.